The molecule has 2 aromatic heterocycles. The summed E-state index contributed by atoms with van der Waals surface area (Å²) in [5.41, 5.74) is 5.33. The molecule has 2 heterocycles. The van der Waals surface area contributed by atoms with Crippen molar-refractivity contribution in [1.29, 1.82) is 0 Å². The van der Waals surface area contributed by atoms with Crippen LogP contribution in [-0.4, -0.2) is 21.9 Å². The Morgan fingerprint density at radius 3 is 2.79 bits per heavy atom. The number of nitrogens with one attached hydrogen (secondary N) is 1. The lowest BCUT2D eigenvalue weighted by Crippen LogP contribution is -2.18. The topological polar surface area (TPSA) is 59.3 Å². The SMILES string of the molecule is O=C(N/N=C/c1cn(-c2ccccc2)nc1-c1cccs1)C1CC1. The molecule has 0 radical (unpaired) electrons. The number of aromatic nitrogens is 2. The number of benzene rings is 1. The van der Waals surface area contributed by atoms with Crippen LogP contribution in [-0.2, 0) is 4.79 Å². The molecular formula is C18H16N4OS. The van der Waals surface area contributed by atoms with Crippen molar-refractivity contribution in [3.05, 3.63) is 59.6 Å². The van der Waals surface area contributed by atoms with Crippen molar-refractivity contribution in [2.24, 2.45) is 11.0 Å². The van der Waals surface area contributed by atoms with Gasteiger partial charge >= 0.3 is 0 Å². The zero-order valence-electron chi connectivity index (χ0n) is 12.9. The molecule has 3 aromatic rings. The van der Waals surface area contributed by atoms with Crippen molar-refractivity contribution in [2.45, 2.75) is 12.8 Å². The van der Waals surface area contributed by atoms with Gasteiger partial charge in [0.15, 0.2) is 0 Å². The second kappa shape index (κ2) is 6.41. The Bertz CT molecular complexity index is 864. The summed E-state index contributed by atoms with van der Waals surface area (Å²) < 4.78 is 1.83. The van der Waals surface area contributed by atoms with Gasteiger partial charge in [-0.15, -0.1) is 11.3 Å². The van der Waals surface area contributed by atoms with E-state index in [9.17, 15) is 4.79 Å². The summed E-state index contributed by atoms with van der Waals surface area (Å²) in [6.07, 6.45) is 5.53. The van der Waals surface area contributed by atoms with E-state index in [1.807, 2.05) is 58.7 Å². The lowest BCUT2D eigenvalue weighted by molar-refractivity contribution is -0.122. The molecule has 24 heavy (non-hydrogen) atoms. The van der Waals surface area contributed by atoms with E-state index in [0.717, 1.165) is 34.7 Å². The molecule has 6 heteroatoms. The van der Waals surface area contributed by atoms with Gasteiger partial charge in [-0.2, -0.15) is 10.2 Å². The van der Waals surface area contributed by atoms with Gasteiger partial charge in [0, 0.05) is 17.7 Å². The van der Waals surface area contributed by atoms with E-state index in [-0.39, 0.29) is 11.8 Å². The molecule has 1 fully saturated rings. The van der Waals surface area contributed by atoms with Crippen LogP contribution in [0.5, 0.6) is 0 Å². The first kappa shape index (κ1) is 14.8. The molecular weight excluding hydrogens is 320 g/mol. The standard InChI is InChI=1S/C18H16N4OS/c23-18(13-8-9-13)20-19-11-14-12-22(15-5-2-1-3-6-15)21-17(14)16-7-4-10-24-16/h1-7,10-13H,8-9H2,(H,20,23)/b19-11+. The Labute approximate surface area is 143 Å². The van der Waals surface area contributed by atoms with Gasteiger partial charge in [-0.1, -0.05) is 24.3 Å². The van der Waals surface area contributed by atoms with Gasteiger partial charge in [0.25, 0.3) is 0 Å². The Kier molecular flexibility index (Phi) is 3.96. The molecule has 0 spiro atoms. The molecule has 1 aromatic carbocycles. The van der Waals surface area contributed by atoms with Crippen molar-refractivity contribution in [3.8, 4) is 16.3 Å². The number of para-hydroxylation sites is 1. The zero-order chi connectivity index (χ0) is 16.4. The molecule has 1 saturated carbocycles. The van der Waals surface area contributed by atoms with E-state index < -0.39 is 0 Å². The van der Waals surface area contributed by atoms with Crippen molar-refractivity contribution >= 4 is 23.5 Å². The summed E-state index contributed by atoms with van der Waals surface area (Å²) in [6, 6.07) is 14.0. The highest BCUT2D eigenvalue weighted by Gasteiger charge is 2.29. The Morgan fingerprint density at radius 2 is 2.08 bits per heavy atom. The van der Waals surface area contributed by atoms with Crippen LogP contribution in [0.3, 0.4) is 0 Å². The highest BCUT2D eigenvalue weighted by atomic mass is 32.1. The first-order valence-corrected chi connectivity index (χ1v) is 8.71. The minimum Gasteiger partial charge on any atom is -0.273 e. The summed E-state index contributed by atoms with van der Waals surface area (Å²) in [5.74, 6) is 0.144. The van der Waals surface area contributed by atoms with Crippen LogP contribution in [0, 0.1) is 5.92 Å². The van der Waals surface area contributed by atoms with Crippen LogP contribution in [0.15, 0.2) is 59.1 Å². The van der Waals surface area contributed by atoms with Crippen molar-refractivity contribution < 1.29 is 4.79 Å². The molecule has 1 N–H and O–H groups in total. The molecule has 4 rings (SSSR count). The number of carbonyl (C=O) groups is 1. The van der Waals surface area contributed by atoms with Crippen molar-refractivity contribution in [2.75, 3.05) is 0 Å². The summed E-state index contributed by atoms with van der Waals surface area (Å²) in [6.45, 7) is 0. The highest BCUT2D eigenvalue weighted by molar-refractivity contribution is 7.13. The number of thiophene rings is 1. The summed E-state index contributed by atoms with van der Waals surface area (Å²) in [4.78, 5) is 12.8. The average molecular weight is 336 g/mol. The lowest BCUT2D eigenvalue weighted by atomic mass is 10.2. The quantitative estimate of drug-likeness (QED) is 0.573. The van der Waals surface area contributed by atoms with E-state index in [4.69, 9.17) is 5.10 Å². The van der Waals surface area contributed by atoms with Crippen LogP contribution < -0.4 is 5.43 Å². The van der Waals surface area contributed by atoms with Crippen LogP contribution in [0.25, 0.3) is 16.3 Å². The number of carbonyl (C=O) groups excluding carboxylic acids is 1. The average Bonchev–Trinajstić information content (AvgIpc) is 3.16. The summed E-state index contributed by atoms with van der Waals surface area (Å²) in [5, 5.41) is 10.8. The first-order valence-electron chi connectivity index (χ1n) is 7.83. The molecule has 0 unspecified atom stereocenters. The fourth-order valence-corrected chi connectivity index (χ4v) is 3.13. The van der Waals surface area contributed by atoms with Crippen LogP contribution in [0.2, 0.25) is 0 Å². The number of hydrazone groups is 1. The number of amides is 1. The number of hydrogen-bond acceptors (Lipinski definition) is 4. The smallest absolute Gasteiger partial charge is 0.243 e. The third kappa shape index (κ3) is 3.14. The van der Waals surface area contributed by atoms with Crippen molar-refractivity contribution in [3.63, 3.8) is 0 Å². The third-order valence-electron chi connectivity index (χ3n) is 3.84. The number of nitrogens with zero attached hydrogens (tertiary/aromatic N) is 3. The summed E-state index contributed by atoms with van der Waals surface area (Å²) >= 11 is 1.63. The van der Waals surface area contributed by atoms with Gasteiger partial charge in [-0.05, 0) is 36.4 Å². The minimum atomic E-state index is -0.000579. The Hall–Kier alpha value is -2.73. The van der Waals surface area contributed by atoms with Gasteiger partial charge in [-0.3, -0.25) is 4.79 Å². The monoisotopic (exact) mass is 336 g/mol. The maximum Gasteiger partial charge on any atom is 0.243 e. The zero-order valence-corrected chi connectivity index (χ0v) is 13.7. The van der Waals surface area contributed by atoms with Crippen LogP contribution >= 0.6 is 11.3 Å². The predicted octanol–water partition coefficient (Wildman–Crippen LogP) is 3.46. The molecule has 1 amide bonds. The molecule has 0 aliphatic heterocycles. The van der Waals surface area contributed by atoms with E-state index >= 15 is 0 Å². The van der Waals surface area contributed by atoms with E-state index in [1.165, 1.54) is 0 Å². The third-order valence-corrected chi connectivity index (χ3v) is 4.72. The minimum absolute atomic E-state index is 0.000579. The largest absolute Gasteiger partial charge is 0.273 e. The van der Waals surface area contributed by atoms with Crippen LogP contribution in [0.4, 0.5) is 0 Å². The molecule has 0 saturated heterocycles. The fourth-order valence-electron chi connectivity index (χ4n) is 2.40. The fraction of sp³-hybridized carbons (Fsp3) is 0.167. The van der Waals surface area contributed by atoms with E-state index in [2.05, 4.69) is 10.5 Å². The molecule has 1 aliphatic rings. The van der Waals surface area contributed by atoms with Gasteiger partial charge < -0.3 is 0 Å². The van der Waals surface area contributed by atoms with Crippen molar-refractivity contribution in [1.82, 2.24) is 15.2 Å². The lowest BCUT2D eigenvalue weighted by Gasteiger charge is -1.98. The molecule has 1 aliphatic carbocycles. The second-order valence-corrected chi connectivity index (χ2v) is 6.65. The Balaban J connectivity index is 1.64. The number of rotatable bonds is 5. The maximum absolute atomic E-state index is 11.7. The maximum atomic E-state index is 11.7. The number of hydrogen-bond donors (Lipinski definition) is 1. The Morgan fingerprint density at radius 1 is 1.25 bits per heavy atom. The van der Waals surface area contributed by atoms with E-state index in [0.29, 0.717) is 0 Å². The summed E-state index contributed by atoms with van der Waals surface area (Å²) in [7, 11) is 0. The molecule has 0 bridgehead atoms. The first-order chi connectivity index (χ1) is 11.8. The molecule has 120 valence electrons. The predicted molar refractivity (Wildman–Crippen MR) is 95.3 cm³/mol. The van der Waals surface area contributed by atoms with E-state index in [1.54, 1.807) is 17.6 Å². The normalized spacial score (nSPS) is 14.2. The van der Waals surface area contributed by atoms with Gasteiger partial charge in [0.2, 0.25) is 5.91 Å². The van der Waals surface area contributed by atoms with Crippen LogP contribution in [0.1, 0.15) is 18.4 Å². The molecule has 5 nitrogen and oxygen atoms in total. The molecule has 0 atom stereocenters. The second-order valence-electron chi connectivity index (χ2n) is 5.70. The van der Waals surface area contributed by atoms with Gasteiger partial charge in [0.05, 0.1) is 16.8 Å². The highest BCUT2D eigenvalue weighted by Crippen LogP contribution is 2.29. The van der Waals surface area contributed by atoms with Gasteiger partial charge in [-0.25, -0.2) is 10.1 Å². The van der Waals surface area contributed by atoms with Gasteiger partial charge in [0.1, 0.15) is 5.69 Å².